The Kier molecular flexibility index (Phi) is 2.46. The van der Waals surface area contributed by atoms with E-state index in [4.69, 9.17) is 15.3 Å². The SMILES string of the molecule is OCc1ccc(O)c(CO)c1. The quantitative estimate of drug-likeness (QED) is 0.577. The molecule has 1 aromatic carbocycles. The van der Waals surface area contributed by atoms with Crippen LogP contribution in [0.15, 0.2) is 18.2 Å². The van der Waals surface area contributed by atoms with Gasteiger partial charge in [0.25, 0.3) is 0 Å². The highest BCUT2D eigenvalue weighted by Gasteiger charge is 1.99. The van der Waals surface area contributed by atoms with E-state index in [1.165, 1.54) is 6.07 Å². The van der Waals surface area contributed by atoms with Gasteiger partial charge in [-0.25, -0.2) is 0 Å². The Hall–Kier alpha value is -1.06. The molecule has 0 radical (unpaired) electrons. The maximum atomic E-state index is 9.09. The van der Waals surface area contributed by atoms with E-state index in [-0.39, 0.29) is 19.0 Å². The van der Waals surface area contributed by atoms with Gasteiger partial charge in [0.15, 0.2) is 0 Å². The number of rotatable bonds is 2. The molecule has 1 aromatic rings. The van der Waals surface area contributed by atoms with Gasteiger partial charge in [0.2, 0.25) is 0 Å². The van der Waals surface area contributed by atoms with Gasteiger partial charge in [-0.05, 0) is 17.7 Å². The lowest BCUT2D eigenvalue weighted by Gasteiger charge is -2.02. The maximum absolute atomic E-state index is 9.09. The number of aliphatic hydroxyl groups excluding tert-OH is 2. The summed E-state index contributed by atoms with van der Waals surface area (Å²) in [5, 5.41) is 26.5. The van der Waals surface area contributed by atoms with Crippen LogP contribution in [0.1, 0.15) is 11.1 Å². The normalized spacial score (nSPS) is 10.0. The first-order chi connectivity index (χ1) is 5.27. The van der Waals surface area contributed by atoms with Crippen molar-refractivity contribution in [2.45, 2.75) is 13.2 Å². The highest BCUT2D eigenvalue weighted by Crippen LogP contribution is 2.17. The van der Waals surface area contributed by atoms with Crippen LogP contribution in [0.3, 0.4) is 0 Å². The molecule has 0 aliphatic heterocycles. The van der Waals surface area contributed by atoms with Crippen molar-refractivity contribution in [3.05, 3.63) is 29.3 Å². The summed E-state index contributed by atoms with van der Waals surface area (Å²) in [5.41, 5.74) is 1.13. The molecule has 0 amide bonds. The van der Waals surface area contributed by atoms with Gasteiger partial charge in [0.1, 0.15) is 5.75 Å². The number of benzene rings is 1. The van der Waals surface area contributed by atoms with Crippen molar-refractivity contribution in [2.24, 2.45) is 0 Å². The molecular formula is C8H10O3. The average molecular weight is 154 g/mol. The number of aromatic hydroxyl groups is 1. The summed E-state index contributed by atoms with van der Waals surface area (Å²) < 4.78 is 0. The lowest BCUT2D eigenvalue weighted by molar-refractivity contribution is 0.271. The molecule has 0 spiro atoms. The second-order valence-electron chi connectivity index (χ2n) is 2.28. The van der Waals surface area contributed by atoms with Crippen molar-refractivity contribution in [1.29, 1.82) is 0 Å². The van der Waals surface area contributed by atoms with E-state index in [1.54, 1.807) is 12.1 Å². The third-order valence-electron chi connectivity index (χ3n) is 1.50. The standard InChI is InChI=1S/C8H10O3/c9-4-6-1-2-8(11)7(3-6)5-10/h1-3,9-11H,4-5H2. The minimum absolute atomic E-state index is 0.0599. The van der Waals surface area contributed by atoms with Crippen LogP contribution in [-0.4, -0.2) is 15.3 Å². The minimum atomic E-state index is -0.209. The van der Waals surface area contributed by atoms with E-state index in [0.717, 1.165) is 0 Å². The third-order valence-corrected chi connectivity index (χ3v) is 1.50. The van der Waals surface area contributed by atoms with Crippen molar-refractivity contribution < 1.29 is 15.3 Å². The molecular weight excluding hydrogens is 144 g/mol. The molecule has 0 unspecified atom stereocenters. The Morgan fingerprint density at radius 2 is 1.82 bits per heavy atom. The summed E-state index contributed by atoms with van der Waals surface area (Å²) in [4.78, 5) is 0. The molecule has 0 saturated heterocycles. The van der Waals surface area contributed by atoms with Crippen molar-refractivity contribution in [3.63, 3.8) is 0 Å². The van der Waals surface area contributed by atoms with Crippen LogP contribution in [0.5, 0.6) is 5.75 Å². The van der Waals surface area contributed by atoms with E-state index in [2.05, 4.69) is 0 Å². The first-order valence-corrected chi connectivity index (χ1v) is 3.30. The van der Waals surface area contributed by atoms with Crippen LogP contribution in [0.4, 0.5) is 0 Å². The highest BCUT2D eigenvalue weighted by molar-refractivity contribution is 5.35. The lowest BCUT2D eigenvalue weighted by atomic mass is 10.1. The Bertz CT molecular complexity index is 245. The van der Waals surface area contributed by atoms with Crippen molar-refractivity contribution >= 4 is 0 Å². The fraction of sp³-hybridized carbons (Fsp3) is 0.250. The largest absolute Gasteiger partial charge is 0.508 e. The van der Waals surface area contributed by atoms with E-state index < -0.39 is 0 Å². The average Bonchev–Trinajstić information content (AvgIpc) is 2.05. The van der Waals surface area contributed by atoms with Gasteiger partial charge in [-0.15, -0.1) is 0 Å². The van der Waals surface area contributed by atoms with Crippen LogP contribution in [-0.2, 0) is 13.2 Å². The fourth-order valence-corrected chi connectivity index (χ4v) is 0.864. The first-order valence-electron chi connectivity index (χ1n) is 3.30. The fourth-order valence-electron chi connectivity index (χ4n) is 0.864. The van der Waals surface area contributed by atoms with E-state index >= 15 is 0 Å². The summed E-state index contributed by atoms with van der Waals surface area (Å²) in [6.45, 7) is -0.285. The van der Waals surface area contributed by atoms with Gasteiger partial charge >= 0.3 is 0 Å². The predicted octanol–water partition coefficient (Wildman–Crippen LogP) is 0.377. The molecule has 0 aromatic heterocycles. The molecule has 0 heterocycles. The molecule has 3 nitrogen and oxygen atoms in total. The molecule has 0 saturated carbocycles. The zero-order chi connectivity index (χ0) is 8.27. The second-order valence-corrected chi connectivity index (χ2v) is 2.28. The van der Waals surface area contributed by atoms with Crippen molar-refractivity contribution in [2.75, 3.05) is 0 Å². The van der Waals surface area contributed by atoms with Crippen LogP contribution in [0, 0.1) is 0 Å². The molecule has 60 valence electrons. The molecule has 3 heteroatoms. The van der Waals surface area contributed by atoms with Gasteiger partial charge in [0, 0.05) is 5.56 Å². The van der Waals surface area contributed by atoms with Crippen molar-refractivity contribution in [1.82, 2.24) is 0 Å². The number of phenols is 1. The van der Waals surface area contributed by atoms with Gasteiger partial charge in [0.05, 0.1) is 13.2 Å². The highest BCUT2D eigenvalue weighted by atomic mass is 16.3. The molecule has 1 rings (SSSR count). The molecule has 0 atom stereocenters. The van der Waals surface area contributed by atoms with Gasteiger partial charge in [-0.3, -0.25) is 0 Å². The van der Waals surface area contributed by atoms with Crippen LogP contribution in [0.2, 0.25) is 0 Å². The predicted molar refractivity (Wildman–Crippen MR) is 40.0 cm³/mol. The Balaban J connectivity index is 3.02. The molecule has 0 aliphatic carbocycles. The number of hydrogen-bond acceptors (Lipinski definition) is 3. The Morgan fingerprint density at radius 3 is 2.36 bits per heavy atom. The first kappa shape index (κ1) is 8.04. The number of hydrogen-bond donors (Lipinski definition) is 3. The summed E-state index contributed by atoms with van der Waals surface area (Å²) >= 11 is 0. The topological polar surface area (TPSA) is 60.7 Å². The molecule has 0 fully saturated rings. The maximum Gasteiger partial charge on any atom is 0.121 e. The molecule has 0 bridgehead atoms. The number of aliphatic hydroxyl groups is 2. The lowest BCUT2D eigenvalue weighted by Crippen LogP contribution is -1.88. The Labute approximate surface area is 64.5 Å². The zero-order valence-electron chi connectivity index (χ0n) is 5.99. The van der Waals surface area contributed by atoms with Crippen LogP contribution >= 0.6 is 0 Å². The van der Waals surface area contributed by atoms with Gasteiger partial charge in [-0.2, -0.15) is 0 Å². The Morgan fingerprint density at radius 1 is 1.09 bits per heavy atom. The van der Waals surface area contributed by atoms with E-state index in [9.17, 15) is 0 Å². The van der Waals surface area contributed by atoms with Crippen molar-refractivity contribution in [3.8, 4) is 5.75 Å². The second kappa shape index (κ2) is 3.37. The third kappa shape index (κ3) is 1.69. The summed E-state index contributed by atoms with van der Waals surface area (Å²) in [5.74, 6) is 0.0599. The zero-order valence-corrected chi connectivity index (χ0v) is 5.99. The summed E-state index contributed by atoms with van der Waals surface area (Å²) in [6, 6.07) is 4.63. The van der Waals surface area contributed by atoms with Gasteiger partial charge in [-0.1, -0.05) is 6.07 Å². The van der Waals surface area contributed by atoms with Gasteiger partial charge < -0.3 is 15.3 Å². The minimum Gasteiger partial charge on any atom is -0.508 e. The molecule has 0 aliphatic rings. The van der Waals surface area contributed by atoms with Crippen LogP contribution in [0.25, 0.3) is 0 Å². The monoisotopic (exact) mass is 154 g/mol. The summed E-state index contributed by atoms with van der Waals surface area (Å²) in [6.07, 6.45) is 0. The van der Waals surface area contributed by atoms with Crippen LogP contribution < -0.4 is 0 Å². The molecule has 11 heavy (non-hydrogen) atoms. The van der Waals surface area contributed by atoms with E-state index in [0.29, 0.717) is 11.1 Å². The molecule has 3 N–H and O–H groups in total. The van der Waals surface area contributed by atoms with E-state index in [1.807, 2.05) is 0 Å². The summed E-state index contributed by atoms with van der Waals surface area (Å²) in [7, 11) is 0. The smallest absolute Gasteiger partial charge is 0.121 e.